The fourth-order valence-electron chi connectivity index (χ4n) is 2.53. The highest BCUT2D eigenvalue weighted by Crippen LogP contribution is 2.22. The van der Waals surface area contributed by atoms with E-state index >= 15 is 0 Å². The average Bonchev–Trinajstić information content (AvgIpc) is 2.99. The first-order valence-corrected chi connectivity index (χ1v) is 8.14. The van der Waals surface area contributed by atoms with Gasteiger partial charge in [0.2, 0.25) is 0 Å². The van der Waals surface area contributed by atoms with Gasteiger partial charge in [0.1, 0.15) is 5.01 Å². The minimum atomic E-state index is 0.250. The predicted octanol–water partition coefficient (Wildman–Crippen LogP) is 1.31. The van der Waals surface area contributed by atoms with Gasteiger partial charge in [0, 0.05) is 50.8 Å². The third kappa shape index (κ3) is 3.85. The van der Waals surface area contributed by atoms with Crippen LogP contribution in [0, 0.1) is 0 Å². The highest BCUT2D eigenvalue weighted by atomic mass is 32.1. The monoisotopic (exact) mass is 304 g/mol. The second-order valence-electron chi connectivity index (χ2n) is 5.20. The van der Waals surface area contributed by atoms with Gasteiger partial charge in [-0.25, -0.2) is 4.98 Å². The number of piperazine rings is 1. The van der Waals surface area contributed by atoms with Crippen LogP contribution in [-0.2, 0) is 6.54 Å². The molecule has 5 nitrogen and oxygen atoms in total. The van der Waals surface area contributed by atoms with Crippen LogP contribution < -0.4 is 0 Å². The molecule has 0 bridgehead atoms. The number of aromatic nitrogens is 2. The molecule has 1 aliphatic heterocycles. The summed E-state index contributed by atoms with van der Waals surface area (Å²) in [5.41, 5.74) is 2.07. The summed E-state index contributed by atoms with van der Waals surface area (Å²) in [4.78, 5) is 13.8. The normalized spacial score (nSPS) is 17.2. The van der Waals surface area contributed by atoms with Gasteiger partial charge in [-0.3, -0.25) is 14.8 Å². The number of hydrogen-bond acceptors (Lipinski definition) is 6. The number of nitrogens with zero attached hydrogens (tertiary/aromatic N) is 4. The first kappa shape index (κ1) is 14.6. The molecule has 1 N–H and O–H groups in total. The Morgan fingerprint density at radius 2 is 1.95 bits per heavy atom. The van der Waals surface area contributed by atoms with Gasteiger partial charge in [0.15, 0.2) is 0 Å². The summed E-state index contributed by atoms with van der Waals surface area (Å²) in [5, 5.41) is 12.1. The van der Waals surface area contributed by atoms with Crippen LogP contribution in [0.15, 0.2) is 29.8 Å². The summed E-state index contributed by atoms with van der Waals surface area (Å²) in [7, 11) is 0. The van der Waals surface area contributed by atoms with E-state index in [4.69, 9.17) is 10.1 Å². The maximum Gasteiger partial charge on any atom is 0.142 e. The molecule has 0 aromatic carbocycles. The highest BCUT2D eigenvalue weighted by molar-refractivity contribution is 7.13. The molecule has 112 valence electrons. The first-order chi connectivity index (χ1) is 10.3. The molecular formula is C15H20N4OS. The van der Waals surface area contributed by atoms with E-state index in [1.807, 2.05) is 18.2 Å². The van der Waals surface area contributed by atoms with Crippen molar-refractivity contribution >= 4 is 11.3 Å². The molecule has 0 unspecified atom stereocenters. The van der Waals surface area contributed by atoms with E-state index in [2.05, 4.69) is 20.2 Å². The van der Waals surface area contributed by atoms with Crippen LogP contribution in [0.4, 0.5) is 0 Å². The topological polar surface area (TPSA) is 52.5 Å². The third-order valence-corrected chi connectivity index (χ3v) is 4.62. The van der Waals surface area contributed by atoms with Crippen molar-refractivity contribution in [3.63, 3.8) is 0 Å². The molecule has 3 heterocycles. The Kier molecular flexibility index (Phi) is 4.92. The highest BCUT2D eigenvalue weighted by Gasteiger charge is 2.17. The standard InChI is InChI=1S/C15H20N4OS/c20-10-9-18-5-7-19(8-6-18)11-13-12-21-15(17-13)14-3-1-2-4-16-14/h1-4,12,20H,5-11H2. The molecule has 0 spiro atoms. The van der Waals surface area contributed by atoms with Crippen molar-refractivity contribution in [2.75, 3.05) is 39.3 Å². The number of rotatable bonds is 5. The minimum absolute atomic E-state index is 0.250. The van der Waals surface area contributed by atoms with E-state index < -0.39 is 0 Å². The molecule has 1 aliphatic rings. The Labute approximate surface area is 128 Å². The Balaban J connectivity index is 1.56. The number of hydrogen-bond donors (Lipinski definition) is 1. The Hall–Kier alpha value is -1.34. The zero-order chi connectivity index (χ0) is 14.5. The van der Waals surface area contributed by atoms with Gasteiger partial charge >= 0.3 is 0 Å². The summed E-state index contributed by atoms with van der Waals surface area (Å²) in [6, 6.07) is 5.91. The molecule has 2 aromatic rings. The van der Waals surface area contributed by atoms with Crippen LogP contribution in [0.25, 0.3) is 10.7 Å². The van der Waals surface area contributed by atoms with Crippen molar-refractivity contribution in [2.24, 2.45) is 0 Å². The van der Waals surface area contributed by atoms with E-state index in [0.717, 1.165) is 55.7 Å². The maximum absolute atomic E-state index is 8.96. The summed E-state index contributed by atoms with van der Waals surface area (Å²) < 4.78 is 0. The van der Waals surface area contributed by atoms with Crippen molar-refractivity contribution < 1.29 is 5.11 Å². The molecule has 0 atom stereocenters. The van der Waals surface area contributed by atoms with Gasteiger partial charge in [0.25, 0.3) is 0 Å². The molecule has 2 aromatic heterocycles. The van der Waals surface area contributed by atoms with E-state index in [1.165, 1.54) is 0 Å². The van der Waals surface area contributed by atoms with E-state index in [1.54, 1.807) is 17.5 Å². The SMILES string of the molecule is OCCN1CCN(Cc2csc(-c3ccccn3)n2)CC1. The van der Waals surface area contributed by atoms with Crippen molar-refractivity contribution in [3.8, 4) is 10.7 Å². The van der Waals surface area contributed by atoms with Crippen molar-refractivity contribution in [3.05, 3.63) is 35.5 Å². The summed E-state index contributed by atoms with van der Waals surface area (Å²) in [5.74, 6) is 0. The van der Waals surface area contributed by atoms with Crippen LogP contribution >= 0.6 is 11.3 Å². The fourth-order valence-corrected chi connectivity index (χ4v) is 3.31. The molecule has 3 rings (SSSR count). The van der Waals surface area contributed by atoms with Gasteiger partial charge in [-0.2, -0.15) is 0 Å². The Bertz CT molecular complexity index is 552. The Morgan fingerprint density at radius 3 is 2.67 bits per heavy atom. The van der Waals surface area contributed by atoms with Gasteiger partial charge in [0.05, 0.1) is 18.0 Å². The fraction of sp³-hybridized carbons (Fsp3) is 0.467. The van der Waals surface area contributed by atoms with Crippen LogP contribution in [0.1, 0.15) is 5.69 Å². The molecule has 0 saturated carbocycles. The second-order valence-corrected chi connectivity index (χ2v) is 6.06. The van der Waals surface area contributed by atoms with E-state index in [-0.39, 0.29) is 6.61 Å². The number of thiazole rings is 1. The quantitative estimate of drug-likeness (QED) is 0.903. The summed E-state index contributed by atoms with van der Waals surface area (Å²) in [6.07, 6.45) is 1.80. The lowest BCUT2D eigenvalue weighted by molar-refractivity contribution is 0.108. The molecule has 1 saturated heterocycles. The number of β-amino-alcohol motifs (C(OH)–C–C–N with tert-alkyl or cyclic N) is 1. The zero-order valence-corrected chi connectivity index (χ0v) is 12.8. The molecule has 21 heavy (non-hydrogen) atoms. The van der Waals surface area contributed by atoms with Crippen LogP contribution in [0.2, 0.25) is 0 Å². The van der Waals surface area contributed by atoms with Gasteiger partial charge in [-0.15, -0.1) is 11.3 Å². The number of pyridine rings is 1. The minimum Gasteiger partial charge on any atom is -0.395 e. The summed E-state index contributed by atoms with van der Waals surface area (Å²) >= 11 is 1.66. The molecular weight excluding hydrogens is 284 g/mol. The van der Waals surface area contributed by atoms with Crippen LogP contribution in [0.5, 0.6) is 0 Å². The van der Waals surface area contributed by atoms with Gasteiger partial charge < -0.3 is 5.11 Å². The van der Waals surface area contributed by atoms with Gasteiger partial charge in [-0.1, -0.05) is 6.07 Å². The smallest absolute Gasteiger partial charge is 0.142 e. The van der Waals surface area contributed by atoms with Crippen molar-refractivity contribution in [1.82, 2.24) is 19.8 Å². The van der Waals surface area contributed by atoms with Crippen molar-refractivity contribution in [2.45, 2.75) is 6.54 Å². The second kappa shape index (κ2) is 7.09. The average molecular weight is 304 g/mol. The number of aliphatic hydroxyl groups is 1. The lowest BCUT2D eigenvalue weighted by atomic mass is 10.3. The van der Waals surface area contributed by atoms with E-state index in [9.17, 15) is 0 Å². The molecule has 1 fully saturated rings. The first-order valence-electron chi connectivity index (χ1n) is 7.26. The van der Waals surface area contributed by atoms with Crippen LogP contribution in [0.3, 0.4) is 0 Å². The number of aliphatic hydroxyl groups excluding tert-OH is 1. The van der Waals surface area contributed by atoms with Crippen LogP contribution in [-0.4, -0.2) is 64.2 Å². The largest absolute Gasteiger partial charge is 0.395 e. The molecule has 0 aliphatic carbocycles. The van der Waals surface area contributed by atoms with Crippen molar-refractivity contribution in [1.29, 1.82) is 0 Å². The van der Waals surface area contributed by atoms with Gasteiger partial charge in [-0.05, 0) is 12.1 Å². The Morgan fingerprint density at radius 1 is 1.14 bits per heavy atom. The third-order valence-electron chi connectivity index (χ3n) is 3.70. The molecule has 0 radical (unpaired) electrons. The lowest BCUT2D eigenvalue weighted by Gasteiger charge is -2.33. The molecule has 0 amide bonds. The zero-order valence-electron chi connectivity index (χ0n) is 12.0. The molecule has 6 heteroatoms. The maximum atomic E-state index is 8.96. The summed E-state index contributed by atoms with van der Waals surface area (Å²) in [6.45, 7) is 6.06. The predicted molar refractivity (Wildman–Crippen MR) is 84.1 cm³/mol. The van der Waals surface area contributed by atoms with E-state index in [0.29, 0.717) is 0 Å². The lowest BCUT2D eigenvalue weighted by Crippen LogP contribution is -2.46.